The smallest absolute Gasteiger partial charge is 0 e. The molecular formula is Ni5Sc. The Morgan fingerprint density at radius 1 is 0.333 bits per heavy atom. The van der Waals surface area contributed by atoms with Gasteiger partial charge in [-0.3, -0.25) is 0 Å². The van der Waals surface area contributed by atoms with Gasteiger partial charge in [0.15, 0.2) is 0 Å². The summed E-state index contributed by atoms with van der Waals surface area (Å²) in [6.45, 7) is 0. The first-order chi connectivity index (χ1) is 0. The minimum atomic E-state index is 0. The quantitative estimate of drug-likeness (QED) is 0.545. The van der Waals surface area contributed by atoms with Crippen LogP contribution in [0.2, 0.25) is 0 Å². The summed E-state index contributed by atoms with van der Waals surface area (Å²) >= 11 is 0. The average molecular weight is 338 g/mol. The predicted molar refractivity (Wildman–Crippen MR) is 0 cm³/mol. The molecular weight excluding hydrogens is 338 g/mol. The molecule has 0 heterocycles. The van der Waals surface area contributed by atoms with E-state index in [0.717, 1.165) is 0 Å². The van der Waals surface area contributed by atoms with Crippen molar-refractivity contribution in [2.75, 3.05) is 0 Å². The van der Waals surface area contributed by atoms with Crippen LogP contribution in [0.4, 0.5) is 0 Å². The Hall–Kier alpha value is 3.34. The molecule has 0 amide bonds. The molecule has 6 heavy (non-hydrogen) atoms. The van der Waals surface area contributed by atoms with Gasteiger partial charge in [0.1, 0.15) is 0 Å². The molecule has 0 aliphatic heterocycles. The summed E-state index contributed by atoms with van der Waals surface area (Å²) in [5.41, 5.74) is 0. The van der Waals surface area contributed by atoms with Crippen LogP contribution in [0.3, 0.4) is 0 Å². The molecule has 0 aromatic carbocycles. The van der Waals surface area contributed by atoms with Gasteiger partial charge in [0.25, 0.3) is 0 Å². The summed E-state index contributed by atoms with van der Waals surface area (Å²) in [6.07, 6.45) is 0. The zero-order valence-electron chi connectivity index (χ0n) is 2.16. The molecule has 0 aromatic heterocycles. The van der Waals surface area contributed by atoms with Crippen molar-refractivity contribution < 1.29 is 108 Å². The second-order valence-corrected chi connectivity index (χ2v) is 0. The third-order valence-corrected chi connectivity index (χ3v) is 0. The number of hydrogen-bond donors (Lipinski definition) is 0. The molecule has 0 nitrogen and oxygen atoms in total. The van der Waals surface area contributed by atoms with Crippen molar-refractivity contribution in [3.05, 3.63) is 0 Å². The minimum Gasteiger partial charge on any atom is 0 e. The Bertz CT molecular complexity index is 3.90. The van der Waals surface area contributed by atoms with E-state index in [9.17, 15) is 0 Å². The largest absolute Gasteiger partial charge is 0 e. The average Bonchev–Trinajstić information content (AvgIpc) is 0. The summed E-state index contributed by atoms with van der Waals surface area (Å²) in [5, 5.41) is 0. The fourth-order valence-corrected chi connectivity index (χ4v) is 0. The summed E-state index contributed by atoms with van der Waals surface area (Å²) in [7, 11) is 0. The molecule has 0 fully saturated rings. The molecule has 0 saturated carbocycles. The van der Waals surface area contributed by atoms with E-state index < -0.39 is 0 Å². The Kier molecular flexibility index (Phi) is 391. The Labute approximate surface area is 107 Å². The third-order valence-electron chi connectivity index (χ3n) is 0. The third kappa shape index (κ3) is 26.5. The molecule has 0 N–H and O–H groups in total. The standard InChI is InChI=1S/5Ni.Sc. The van der Waals surface area contributed by atoms with Crippen LogP contribution in [-0.2, 0) is 108 Å². The molecule has 53 valence electrons. The maximum absolute atomic E-state index is 0. The van der Waals surface area contributed by atoms with Crippen molar-refractivity contribution in [3.8, 4) is 0 Å². The Morgan fingerprint density at radius 2 is 0.333 bits per heavy atom. The molecule has 0 atom stereocenters. The number of rotatable bonds is 0. The van der Waals surface area contributed by atoms with Gasteiger partial charge in [-0.1, -0.05) is 0 Å². The Balaban J connectivity index is 0. The summed E-state index contributed by atoms with van der Waals surface area (Å²) in [4.78, 5) is 0. The summed E-state index contributed by atoms with van der Waals surface area (Å²) < 4.78 is 0. The normalized spacial score (nSPS) is 0. The minimum absolute atomic E-state index is 0. The maximum atomic E-state index is 0. The van der Waals surface area contributed by atoms with E-state index in [1.165, 1.54) is 0 Å². The van der Waals surface area contributed by atoms with Crippen molar-refractivity contribution >= 4 is 0 Å². The monoisotopic (exact) mass is 335 g/mol. The molecule has 1 radical (unpaired) electrons. The van der Waals surface area contributed by atoms with Gasteiger partial charge >= 0.3 is 0 Å². The van der Waals surface area contributed by atoms with E-state index >= 15 is 0 Å². The van der Waals surface area contributed by atoms with E-state index in [4.69, 9.17) is 0 Å². The van der Waals surface area contributed by atoms with E-state index in [2.05, 4.69) is 0 Å². The molecule has 0 aromatic rings. The number of hydrogen-bond acceptors (Lipinski definition) is 0. The first kappa shape index (κ1) is 58.3. The first-order valence-corrected chi connectivity index (χ1v) is 0. The van der Waals surface area contributed by atoms with Crippen LogP contribution in [0.5, 0.6) is 0 Å². The van der Waals surface area contributed by atoms with Gasteiger partial charge in [-0.05, 0) is 0 Å². The van der Waals surface area contributed by atoms with Gasteiger partial charge in [0, 0.05) is 108 Å². The van der Waals surface area contributed by atoms with Crippen LogP contribution in [0.15, 0.2) is 0 Å². The van der Waals surface area contributed by atoms with Crippen LogP contribution in [0, 0.1) is 0 Å². The van der Waals surface area contributed by atoms with Gasteiger partial charge in [-0.25, -0.2) is 0 Å². The molecule has 0 bridgehead atoms. The summed E-state index contributed by atoms with van der Waals surface area (Å²) in [5.74, 6) is 0. The van der Waals surface area contributed by atoms with E-state index in [0.29, 0.717) is 0 Å². The van der Waals surface area contributed by atoms with E-state index in [1.807, 2.05) is 0 Å². The second-order valence-electron chi connectivity index (χ2n) is 0. The van der Waals surface area contributed by atoms with Crippen molar-refractivity contribution in [1.29, 1.82) is 0 Å². The van der Waals surface area contributed by atoms with Gasteiger partial charge in [-0.15, -0.1) is 0 Å². The van der Waals surface area contributed by atoms with Gasteiger partial charge in [0.05, 0.1) is 0 Å². The first-order valence-electron chi connectivity index (χ1n) is 0. The van der Waals surface area contributed by atoms with Gasteiger partial charge < -0.3 is 0 Å². The maximum Gasteiger partial charge on any atom is 0 e. The van der Waals surface area contributed by atoms with Crippen molar-refractivity contribution in [3.63, 3.8) is 0 Å². The molecule has 0 unspecified atom stereocenters. The molecule has 6 heteroatoms. The van der Waals surface area contributed by atoms with Crippen molar-refractivity contribution in [2.24, 2.45) is 0 Å². The zero-order valence-corrected chi connectivity index (χ0v) is 8.90. The summed E-state index contributed by atoms with van der Waals surface area (Å²) in [6, 6.07) is 0. The van der Waals surface area contributed by atoms with Crippen LogP contribution >= 0.6 is 0 Å². The zero-order chi connectivity index (χ0) is 0. The fraction of sp³-hybridized carbons (Fsp3) is 0. The Morgan fingerprint density at radius 3 is 0.333 bits per heavy atom. The topological polar surface area (TPSA) is 0 Å². The van der Waals surface area contributed by atoms with Gasteiger partial charge in [0.2, 0.25) is 0 Å². The second kappa shape index (κ2) is 40.3. The van der Waals surface area contributed by atoms with E-state index in [-0.39, 0.29) is 108 Å². The van der Waals surface area contributed by atoms with E-state index in [1.54, 1.807) is 0 Å². The van der Waals surface area contributed by atoms with Crippen molar-refractivity contribution in [2.45, 2.75) is 0 Å². The molecule has 0 aliphatic rings. The molecule has 0 saturated heterocycles. The van der Waals surface area contributed by atoms with Crippen molar-refractivity contribution in [1.82, 2.24) is 0 Å². The van der Waals surface area contributed by atoms with Crippen LogP contribution in [-0.4, -0.2) is 0 Å². The predicted octanol–water partition coefficient (Wildman–Crippen LogP) is -0.0150. The van der Waals surface area contributed by atoms with Gasteiger partial charge in [-0.2, -0.15) is 0 Å². The van der Waals surface area contributed by atoms with Crippen LogP contribution in [0.1, 0.15) is 0 Å². The fourth-order valence-electron chi connectivity index (χ4n) is 0. The van der Waals surface area contributed by atoms with Crippen LogP contribution in [0.25, 0.3) is 0 Å². The molecule has 0 spiro atoms. The molecule has 0 rings (SSSR count). The SMILES string of the molecule is [Ni].[Ni].[Ni].[Ni].[Ni].[Sc]. The molecule has 0 aliphatic carbocycles. The van der Waals surface area contributed by atoms with Crippen LogP contribution < -0.4 is 0 Å².